The van der Waals surface area contributed by atoms with Crippen LogP contribution in [-0.4, -0.2) is 39.9 Å². The molecule has 0 saturated carbocycles. The van der Waals surface area contributed by atoms with Gasteiger partial charge < -0.3 is 14.2 Å². The summed E-state index contributed by atoms with van der Waals surface area (Å²) in [5.74, 6) is -1.00. The SMILES string of the molecule is CC(=O)OC[C@H]1O[C@@H](n2cc(I)c(=O)n(Cc3ccccc3)c2=O)C[C@@H]1OC(C)=O. The van der Waals surface area contributed by atoms with Crippen LogP contribution in [0.4, 0.5) is 0 Å². The number of carbonyl (C=O) groups excluding carboxylic acids is 2. The van der Waals surface area contributed by atoms with Crippen LogP contribution in [0.5, 0.6) is 0 Å². The van der Waals surface area contributed by atoms with Gasteiger partial charge in [0.25, 0.3) is 5.56 Å². The Labute approximate surface area is 185 Å². The number of aromatic nitrogens is 2. The van der Waals surface area contributed by atoms with Crippen LogP contribution < -0.4 is 11.2 Å². The van der Waals surface area contributed by atoms with Gasteiger partial charge in [-0.3, -0.25) is 23.5 Å². The molecule has 0 unspecified atom stereocenters. The molecule has 2 aromatic rings. The molecule has 9 nitrogen and oxygen atoms in total. The van der Waals surface area contributed by atoms with Gasteiger partial charge in [-0.15, -0.1) is 0 Å². The van der Waals surface area contributed by atoms with Crippen molar-refractivity contribution >= 4 is 34.5 Å². The molecule has 30 heavy (non-hydrogen) atoms. The van der Waals surface area contributed by atoms with Crippen molar-refractivity contribution in [3.05, 3.63) is 66.5 Å². The van der Waals surface area contributed by atoms with Crippen LogP contribution >= 0.6 is 22.6 Å². The number of ether oxygens (including phenoxy) is 3. The van der Waals surface area contributed by atoms with Crippen molar-refractivity contribution in [3.8, 4) is 0 Å². The molecule has 0 spiro atoms. The summed E-state index contributed by atoms with van der Waals surface area (Å²) < 4.78 is 19.0. The Hall–Kier alpha value is -2.47. The van der Waals surface area contributed by atoms with E-state index in [-0.39, 0.29) is 19.6 Å². The summed E-state index contributed by atoms with van der Waals surface area (Å²) in [6, 6.07) is 9.17. The molecule has 1 fully saturated rings. The standard InChI is InChI=1S/C20H21IN2O7/c1-12(24)28-11-17-16(29-13(2)25)8-18(30-17)22-10-15(21)19(26)23(20(22)27)9-14-6-4-3-5-7-14/h3-7,10,16-18H,8-9,11H2,1-2H3/t16-,17+,18+/m0/s1. The summed E-state index contributed by atoms with van der Waals surface area (Å²) in [6.45, 7) is 2.54. The highest BCUT2D eigenvalue weighted by Crippen LogP contribution is 2.30. The van der Waals surface area contributed by atoms with Crippen LogP contribution in [0, 0.1) is 3.57 Å². The highest BCUT2D eigenvalue weighted by molar-refractivity contribution is 14.1. The molecule has 0 radical (unpaired) electrons. The first-order chi connectivity index (χ1) is 14.3. The van der Waals surface area contributed by atoms with Crippen LogP contribution in [0.25, 0.3) is 0 Å². The third kappa shape index (κ3) is 5.17. The van der Waals surface area contributed by atoms with Crippen molar-refractivity contribution in [1.29, 1.82) is 0 Å². The van der Waals surface area contributed by atoms with Crippen LogP contribution in [0.2, 0.25) is 0 Å². The van der Waals surface area contributed by atoms with E-state index in [9.17, 15) is 19.2 Å². The van der Waals surface area contributed by atoms with Crippen molar-refractivity contribution in [2.45, 2.75) is 45.2 Å². The molecule has 1 saturated heterocycles. The molecular formula is C20H21IN2O7. The van der Waals surface area contributed by atoms with Gasteiger partial charge >= 0.3 is 17.6 Å². The molecule has 10 heteroatoms. The second-order valence-electron chi connectivity index (χ2n) is 6.86. The maximum atomic E-state index is 13.1. The zero-order valence-corrected chi connectivity index (χ0v) is 18.6. The van der Waals surface area contributed by atoms with E-state index in [1.807, 2.05) is 52.9 Å². The van der Waals surface area contributed by atoms with Gasteiger partial charge in [-0.05, 0) is 28.2 Å². The van der Waals surface area contributed by atoms with Crippen LogP contribution in [0.3, 0.4) is 0 Å². The lowest BCUT2D eigenvalue weighted by molar-refractivity contribution is -0.155. The summed E-state index contributed by atoms with van der Waals surface area (Å²) in [7, 11) is 0. The molecule has 160 valence electrons. The lowest BCUT2D eigenvalue weighted by atomic mass is 10.2. The van der Waals surface area contributed by atoms with Gasteiger partial charge in [0.05, 0.1) is 10.1 Å². The minimum absolute atomic E-state index is 0.112. The Kier molecular flexibility index (Phi) is 7.08. The highest BCUT2D eigenvalue weighted by atomic mass is 127. The number of esters is 2. The van der Waals surface area contributed by atoms with E-state index in [1.165, 1.54) is 24.6 Å². The average molecular weight is 528 g/mol. The van der Waals surface area contributed by atoms with Crippen LogP contribution in [-0.2, 0) is 30.3 Å². The zero-order chi connectivity index (χ0) is 21.8. The summed E-state index contributed by atoms with van der Waals surface area (Å²) in [4.78, 5) is 48.3. The quantitative estimate of drug-likeness (QED) is 0.413. The van der Waals surface area contributed by atoms with E-state index in [1.54, 1.807) is 0 Å². The van der Waals surface area contributed by atoms with Gasteiger partial charge in [-0.1, -0.05) is 30.3 Å². The second-order valence-corrected chi connectivity index (χ2v) is 8.02. The smallest absolute Gasteiger partial charge is 0.333 e. The summed E-state index contributed by atoms with van der Waals surface area (Å²) in [5.41, 5.74) is -0.126. The number of nitrogens with zero attached hydrogens (tertiary/aromatic N) is 2. The Balaban J connectivity index is 1.92. The minimum atomic E-state index is -0.779. The third-order valence-electron chi connectivity index (χ3n) is 4.60. The fourth-order valence-electron chi connectivity index (χ4n) is 3.26. The Morgan fingerprint density at radius 1 is 1.17 bits per heavy atom. The normalized spacial score (nSPS) is 20.7. The molecule has 2 heterocycles. The Bertz CT molecular complexity index is 1050. The number of benzene rings is 1. The molecule has 0 bridgehead atoms. The van der Waals surface area contributed by atoms with Crippen molar-refractivity contribution < 1.29 is 23.8 Å². The first kappa shape index (κ1) is 22.2. The van der Waals surface area contributed by atoms with Gasteiger partial charge in [-0.2, -0.15) is 0 Å². The molecule has 3 rings (SSSR count). The van der Waals surface area contributed by atoms with Crippen molar-refractivity contribution in [3.63, 3.8) is 0 Å². The minimum Gasteiger partial charge on any atom is -0.463 e. The monoisotopic (exact) mass is 528 g/mol. The molecule has 1 aromatic carbocycles. The molecule has 3 atom stereocenters. The number of rotatable bonds is 6. The van der Waals surface area contributed by atoms with E-state index < -0.39 is 41.6 Å². The Morgan fingerprint density at radius 3 is 2.50 bits per heavy atom. The topological polar surface area (TPSA) is 106 Å². The van der Waals surface area contributed by atoms with Crippen LogP contribution in [0.1, 0.15) is 32.1 Å². The zero-order valence-electron chi connectivity index (χ0n) is 16.4. The highest BCUT2D eigenvalue weighted by Gasteiger charge is 2.40. The van der Waals surface area contributed by atoms with Crippen molar-refractivity contribution in [2.75, 3.05) is 6.61 Å². The fourth-order valence-corrected chi connectivity index (χ4v) is 3.85. The van der Waals surface area contributed by atoms with Gasteiger partial charge in [0.2, 0.25) is 0 Å². The number of hydrogen-bond donors (Lipinski definition) is 0. The molecule has 1 aliphatic rings. The molecule has 1 aliphatic heterocycles. The first-order valence-corrected chi connectivity index (χ1v) is 10.4. The largest absolute Gasteiger partial charge is 0.463 e. The molecule has 0 N–H and O–H groups in total. The van der Waals surface area contributed by atoms with Gasteiger partial charge in [0, 0.05) is 26.5 Å². The first-order valence-electron chi connectivity index (χ1n) is 9.27. The second kappa shape index (κ2) is 9.56. The van der Waals surface area contributed by atoms with E-state index in [4.69, 9.17) is 14.2 Å². The third-order valence-corrected chi connectivity index (χ3v) is 5.34. The van der Waals surface area contributed by atoms with Crippen molar-refractivity contribution in [1.82, 2.24) is 9.13 Å². The summed E-state index contributed by atoms with van der Waals surface area (Å²) >= 11 is 1.87. The molecule has 0 aliphatic carbocycles. The lowest BCUT2D eigenvalue weighted by Crippen LogP contribution is -2.42. The maximum Gasteiger partial charge on any atom is 0.333 e. The summed E-state index contributed by atoms with van der Waals surface area (Å²) in [5, 5.41) is 0. The van der Waals surface area contributed by atoms with E-state index in [0.29, 0.717) is 3.57 Å². The average Bonchev–Trinajstić information content (AvgIpc) is 3.09. The number of halogens is 1. The Morgan fingerprint density at radius 2 is 1.87 bits per heavy atom. The summed E-state index contributed by atoms with van der Waals surface area (Å²) in [6.07, 6.45) is -0.576. The van der Waals surface area contributed by atoms with Crippen molar-refractivity contribution in [2.24, 2.45) is 0 Å². The van der Waals surface area contributed by atoms with Crippen LogP contribution in [0.15, 0.2) is 46.1 Å². The van der Waals surface area contributed by atoms with Gasteiger partial charge in [0.1, 0.15) is 25.0 Å². The maximum absolute atomic E-state index is 13.1. The van der Waals surface area contributed by atoms with Gasteiger partial charge in [-0.25, -0.2) is 4.79 Å². The van der Waals surface area contributed by atoms with E-state index >= 15 is 0 Å². The van der Waals surface area contributed by atoms with E-state index in [2.05, 4.69) is 0 Å². The van der Waals surface area contributed by atoms with E-state index in [0.717, 1.165) is 10.1 Å². The molecular weight excluding hydrogens is 507 g/mol. The predicted octanol–water partition coefficient (Wildman–Crippen LogP) is 1.45. The van der Waals surface area contributed by atoms with Gasteiger partial charge in [0.15, 0.2) is 0 Å². The number of carbonyl (C=O) groups is 2. The molecule has 0 amide bonds. The molecule has 1 aromatic heterocycles. The predicted molar refractivity (Wildman–Crippen MR) is 114 cm³/mol. The lowest BCUT2D eigenvalue weighted by Gasteiger charge is -2.18. The fraction of sp³-hybridized carbons (Fsp3) is 0.400. The number of hydrogen-bond acceptors (Lipinski definition) is 7.